The fraction of sp³-hybridized carbons (Fsp3) is 1.00. The summed E-state index contributed by atoms with van der Waals surface area (Å²) in [4.78, 5) is 0. The van der Waals surface area contributed by atoms with Gasteiger partial charge in [-0.3, -0.25) is 0 Å². The van der Waals surface area contributed by atoms with E-state index in [4.69, 9.17) is 0 Å². The molecule has 2 fully saturated rings. The number of hydrogen-bond acceptors (Lipinski definition) is 3. The minimum absolute atomic E-state index is 0.257. The van der Waals surface area contributed by atoms with Crippen molar-refractivity contribution in [3.63, 3.8) is 0 Å². The zero-order valence-electron chi connectivity index (χ0n) is 6.41. The highest BCUT2D eigenvalue weighted by Gasteiger charge is 2.32. The Morgan fingerprint density at radius 2 is 1.82 bits per heavy atom. The summed E-state index contributed by atoms with van der Waals surface area (Å²) in [6.07, 6.45) is 3.28. The quantitative estimate of drug-likeness (QED) is 0.639. The molecule has 64 valence electrons. The fourth-order valence-corrected chi connectivity index (χ4v) is 3.20. The molecule has 1 atom stereocenters. The lowest BCUT2D eigenvalue weighted by Crippen LogP contribution is -2.31. The lowest BCUT2D eigenvalue weighted by molar-refractivity contribution is 0.551. The first-order valence-corrected chi connectivity index (χ1v) is 5.94. The van der Waals surface area contributed by atoms with Crippen molar-refractivity contribution in [3.8, 4) is 0 Å². The van der Waals surface area contributed by atoms with Crippen molar-refractivity contribution in [1.29, 1.82) is 0 Å². The first kappa shape index (κ1) is 7.55. The summed E-state index contributed by atoms with van der Waals surface area (Å²) in [5.74, 6) is 0.751. The van der Waals surface area contributed by atoms with Crippen molar-refractivity contribution in [1.82, 2.24) is 5.32 Å². The van der Waals surface area contributed by atoms with Crippen LogP contribution in [0.1, 0.15) is 19.3 Å². The zero-order valence-corrected chi connectivity index (χ0v) is 7.23. The summed E-state index contributed by atoms with van der Waals surface area (Å²) in [5, 5.41) is 3.33. The molecule has 0 aromatic heterocycles. The average Bonchev–Trinajstić information content (AvgIpc) is 2.61. The monoisotopic (exact) mass is 175 g/mol. The second-order valence-electron chi connectivity index (χ2n) is 3.54. The van der Waals surface area contributed by atoms with Gasteiger partial charge in [-0.1, -0.05) is 0 Å². The maximum Gasteiger partial charge on any atom is 0.151 e. The molecule has 1 aliphatic heterocycles. The van der Waals surface area contributed by atoms with Gasteiger partial charge in [0.05, 0.1) is 11.5 Å². The van der Waals surface area contributed by atoms with Gasteiger partial charge in [0, 0.05) is 12.1 Å². The van der Waals surface area contributed by atoms with Crippen molar-refractivity contribution in [3.05, 3.63) is 0 Å². The maximum atomic E-state index is 11.0. The minimum Gasteiger partial charge on any atom is -0.310 e. The molecule has 0 bridgehead atoms. The van der Waals surface area contributed by atoms with Crippen molar-refractivity contribution >= 4 is 9.84 Å². The van der Waals surface area contributed by atoms with E-state index in [0.717, 1.165) is 6.42 Å². The third-order valence-electron chi connectivity index (χ3n) is 2.28. The van der Waals surface area contributed by atoms with E-state index in [2.05, 4.69) is 5.32 Å². The molecule has 11 heavy (non-hydrogen) atoms. The molecule has 3 nitrogen and oxygen atoms in total. The van der Waals surface area contributed by atoms with Crippen LogP contribution in [0.3, 0.4) is 0 Å². The van der Waals surface area contributed by atoms with Gasteiger partial charge in [0.25, 0.3) is 0 Å². The van der Waals surface area contributed by atoms with Crippen molar-refractivity contribution in [2.45, 2.75) is 31.3 Å². The third-order valence-corrected chi connectivity index (χ3v) is 4.05. The Morgan fingerprint density at radius 3 is 2.27 bits per heavy atom. The first-order valence-electron chi connectivity index (χ1n) is 4.12. The Morgan fingerprint density at radius 1 is 1.09 bits per heavy atom. The van der Waals surface area contributed by atoms with Gasteiger partial charge in [0.1, 0.15) is 0 Å². The van der Waals surface area contributed by atoms with Crippen LogP contribution in [0.15, 0.2) is 0 Å². The zero-order chi connectivity index (χ0) is 7.90. The molecule has 0 aromatic carbocycles. The second kappa shape index (κ2) is 2.45. The lowest BCUT2D eigenvalue weighted by Gasteiger charge is -2.07. The third kappa shape index (κ3) is 1.93. The smallest absolute Gasteiger partial charge is 0.151 e. The van der Waals surface area contributed by atoms with Gasteiger partial charge in [-0.2, -0.15) is 0 Å². The molecule has 1 saturated heterocycles. The normalized spacial score (nSPS) is 35.8. The van der Waals surface area contributed by atoms with Crippen LogP contribution in [-0.4, -0.2) is 32.0 Å². The van der Waals surface area contributed by atoms with Crippen LogP contribution < -0.4 is 5.32 Å². The summed E-state index contributed by atoms with van der Waals surface area (Å²) in [5.41, 5.74) is 0. The molecule has 1 N–H and O–H groups in total. The van der Waals surface area contributed by atoms with Gasteiger partial charge in [-0.25, -0.2) is 8.42 Å². The molecule has 1 unspecified atom stereocenters. The summed E-state index contributed by atoms with van der Waals surface area (Å²) in [6.45, 7) is 0. The highest BCUT2D eigenvalue weighted by molar-refractivity contribution is 7.91. The molecule has 0 amide bonds. The predicted molar refractivity (Wildman–Crippen MR) is 43.2 cm³/mol. The molecule has 1 saturated carbocycles. The average molecular weight is 175 g/mol. The molecule has 2 rings (SSSR count). The van der Waals surface area contributed by atoms with Gasteiger partial charge >= 0.3 is 0 Å². The van der Waals surface area contributed by atoms with Crippen molar-refractivity contribution in [2.24, 2.45) is 0 Å². The number of nitrogens with one attached hydrogen (secondary N) is 1. The molecule has 0 radical (unpaired) electrons. The van der Waals surface area contributed by atoms with Crippen LogP contribution in [0.5, 0.6) is 0 Å². The summed E-state index contributed by atoms with van der Waals surface area (Å²) in [7, 11) is -2.68. The van der Waals surface area contributed by atoms with Gasteiger partial charge < -0.3 is 5.32 Å². The van der Waals surface area contributed by atoms with Crippen LogP contribution in [-0.2, 0) is 9.84 Å². The van der Waals surface area contributed by atoms with Crippen LogP contribution in [0.2, 0.25) is 0 Å². The van der Waals surface area contributed by atoms with Crippen molar-refractivity contribution in [2.75, 3.05) is 11.5 Å². The Hall–Kier alpha value is -0.0900. The molecular formula is C7H13NO2S. The van der Waals surface area contributed by atoms with Crippen molar-refractivity contribution < 1.29 is 8.42 Å². The van der Waals surface area contributed by atoms with Gasteiger partial charge in [-0.05, 0) is 19.3 Å². The van der Waals surface area contributed by atoms with E-state index < -0.39 is 9.84 Å². The molecule has 0 aromatic rings. The Kier molecular flexibility index (Phi) is 1.68. The molecule has 1 aliphatic carbocycles. The number of sulfone groups is 1. The van der Waals surface area contributed by atoms with E-state index in [1.165, 1.54) is 12.8 Å². The molecule has 4 heteroatoms. The number of rotatable bonds is 2. The fourth-order valence-electron chi connectivity index (χ4n) is 1.51. The lowest BCUT2D eigenvalue weighted by atomic mass is 10.2. The Bertz CT molecular complexity index is 243. The predicted octanol–water partition coefficient (Wildman–Crippen LogP) is -0.0745. The van der Waals surface area contributed by atoms with Gasteiger partial charge in [0.2, 0.25) is 0 Å². The van der Waals surface area contributed by atoms with E-state index >= 15 is 0 Å². The Balaban J connectivity index is 1.88. The summed E-state index contributed by atoms with van der Waals surface area (Å²) in [6, 6.07) is 0.890. The minimum atomic E-state index is -2.68. The van der Waals surface area contributed by atoms with E-state index in [1.807, 2.05) is 0 Å². The first-order chi connectivity index (χ1) is 5.16. The molecular weight excluding hydrogens is 162 g/mol. The van der Waals surface area contributed by atoms with Gasteiger partial charge in [-0.15, -0.1) is 0 Å². The van der Waals surface area contributed by atoms with E-state index in [0.29, 0.717) is 17.5 Å². The van der Waals surface area contributed by atoms with E-state index in [9.17, 15) is 8.42 Å². The highest BCUT2D eigenvalue weighted by Crippen LogP contribution is 2.22. The molecule has 0 spiro atoms. The largest absolute Gasteiger partial charge is 0.310 e. The standard InChI is InChI=1S/C7H13NO2S/c9-11(10)4-3-7(5-11)8-6-1-2-6/h6-8H,1-5H2. The second-order valence-corrected chi connectivity index (χ2v) is 5.77. The number of hydrogen-bond donors (Lipinski definition) is 1. The van der Waals surface area contributed by atoms with E-state index in [-0.39, 0.29) is 6.04 Å². The van der Waals surface area contributed by atoms with Crippen LogP contribution in [0.4, 0.5) is 0 Å². The molecule has 1 heterocycles. The summed E-state index contributed by atoms with van der Waals surface area (Å²) >= 11 is 0. The topological polar surface area (TPSA) is 46.2 Å². The Labute approximate surface area is 67.1 Å². The highest BCUT2D eigenvalue weighted by atomic mass is 32.2. The maximum absolute atomic E-state index is 11.0. The van der Waals surface area contributed by atoms with E-state index in [1.54, 1.807) is 0 Å². The van der Waals surface area contributed by atoms with Crippen LogP contribution in [0, 0.1) is 0 Å². The molecule has 2 aliphatic rings. The van der Waals surface area contributed by atoms with Crippen LogP contribution >= 0.6 is 0 Å². The SMILES string of the molecule is O=S1(=O)CCC(NC2CC2)C1. The van der Waals surface area contributed by atoms with Crippen LogP contribution in [0.25, 0.3) is 0 Å². The summed E-state index contributed by atoms with van der Waals surface area (Å²) < 4.78 is 22.0. The van der Waals surface area contributed by atoms with Gasteiger partial charge in [0.15, 0.2) is 9.84 Å².